The maximum atomic E-state index is 11.9. The summed E-state index contributed by atoms with van der Waals surface area (Å²) in [5, 5.41) is 3.12. The minimum atomic E-state index is -3.53. The van der Waals surface area contributed by atoms with Gasteiger partial charge in [-0.15, -0.1) is 0 Å². The molecule has 0 aliphatic carbocycles. The van der Waals surface area contributed by atoms with Crippen molar-refractivity contribution in [3.8, 4) is 0 Å². The van der Waals surface area contributed by atoms with E-state index in [1.54, 1.807) is 12.1 Å². The van der Waals surface area contributed by atoms with E-state index in [0.29, 0.717) is 10.8 Å². The third-order valence-electron chi connectivity index (χ3n) is 2.88. The molecule has 1 aromatic heterocycles. The molecule has 2 aromatic rings. The molecule has 0 atom stereocenters. The molecule has 0 aliphatic heterocycles. The number of hydrogen-bond donors (Lipinski definition) is 2. The normalized spacial score (nSPS) is 11.4. The molecule has 2 rings (SSSR count). The first-order valence-corrected chi connectivity index (χ1v) is 9.01. The Bertz CT molecular complexity index is 776. The van der Waals surface area contributed by atoms with Crippen LogP contribution in [0, 0.1) is 0 Å². The van der Waals surface area contributed by atoms with Gasteiger partial charge in [0.15, 0.2) is 0 Å². The number of sulfonamides is 1. The van der Waals surface area contributed by atoms with E-state index in [1.165, 1.54) is 24.5 Å². The number of nitrogens with one attached hydrogen (secondary N) is 2. The Balaban J connectivity index is 1.82. The number of carbonyl (C=O) groups is 1. The van der Waals surface area contributed by atoms with Crippen molar-refractivity contribution < 1.29 is 17.6 Å². The van der Waals surface area contributed by atoms with E-state index in [0.717, 1.165) is 0 Å². The van der Waals surface area contributed by atoms with E-state index < -0.39 is 15.9 Å². The molecule has 0 aliphatic rings. The van der Waals surface area contributed by atoms with Crippen molar-refractivity contribution in [3.63, 3.8) is 0 Å². The number of halogens is 2. The Morgan fingerprint density at radius 3 is 2.65 bits per heavy atom. The van der Waals surface area contributed by atoms with Crippen LogP contribution in [0.15, 0.2) is 41.0 Å². The van der Waals surface area contributed by atoms with E-state index >= 15 is 0 Å². The van der Waals surface area contributed by atoms with Crippen molar-refractivity contribution in [3.05, 3.63) is 58.0 Å². The van der Waals surface area contributed by atoms with Gasteiger partial charge in [-0.05, 0) is 30.3 Å². The average Bonchev–Trinajstić information content (AvgIpc) is 2.98. The van der Waals surface area contributed by atoms with E-state index in [2.05, 4.69) is 10.0 Å². The van der Waals surface area contributed by atoms with Crippen molar-refractivity contribution in [1.82, 2.24) is 10.0 Å². The summed E-state index contributed by atoms with van der Waals surface area (Å²) < 4.78 is 31.0. The fourth-order valence-corrected chi connectivity index (χ4v) is 3.11. The van der Waals surface area contributed by atoms with Crippen molar-refractivity contribution in [2.45, 2.75) is 6.54 Å². The van der Waals surface area contributed by atoms with Gasteiger partial charge in [-0.3, -0.25) is 4.79 Å². The molecule has 0 fully saturated rings. The van der Waals surface area contributed by atoms with Crippen LogP contribution in [0.4, 0.5) is 0 Å². The van der Waals surface area contributed by atoms with E-state index in [4.69, 9.17) is 27.6 Å². The number of amides is 1. The van der Waals surface area contributed by atoms with E-state index in [-0.39, 0.29) is 29.4 Å². The highest BCUT2D eigenvalue weighted by molar-refractivity contribution is 7.89. The zero-order chi connectivity index (χ0) is 16.9. The number of rotatable bonds is 7. The lowest BCUT2D eigenvalue weighted by atomic mass is 10.2. The van der Waals surface area contributed by atoms with Crippen LogP contribution >= 0.6 is 23.2 Å². The largest absolute Gasteiger partial charge is 0.468 e. The molecule has 2 N–H and O–H groups in total. The van der Waals surface area contributed by atoms with Crippen LogP contribution in [0.25, 0.3) is 0 Å². The van der Waals surface area contributed by atoms with Crippen LogP contribution in [0.3, 0.4) is 0 Å². The molecule has 1 heterocycles. The molecule has 0 saturated heterocycles. The first kappa shape index (κ1) is 17.8. The quantitative estimate of drug-likeness (QED) is 0.776. The first-order chi connectivity index (χ1) is 10.9. The lowest BCUT2D eigenvalue weighted by Crippen LogP contribution is -2.34. The lowest BCUT2D eigenvalue weighted by molar-refractivity contribution is 0.0956. The van der Waals surface area contributed by atoms with Gasteiger partial charge in [0.05, 0.1) is 29.1 Å². The summed E-state index contributed by atoms with van der Waals surface area (Å²) in [6, 6.07) is 7.78. The summed E-state index contributed by atoms with van der Waals surface area (Å²) in [4.78, 5) is 11.9. The van der Waals surface area contributed by atoms with Gasteiger partial charge < -0.3 is 9.73 Å². The van der Waals surface area contributed by atoms with Crippen molar-refractivity contribution >= 4 is 39.1 Å². The van der Waals surface area contributed by atoms with E-state index in [1.807, 2.05) is 0 Å². The Morgan fingerprint density at radius 1 is 1.22 bits per heavy atom. The van der Waals surface area contributed by atoms with Gasteiger partial charge in [0.2, 0.25) is 10.0 Å². The fourth-order valence-electron chi connectivity index (χ4n) is 1.73. The van der Waals surface area contributed by atoms with E-state index in [9.17, 15) is 13.2 Å². The molecule has 1 amide bonds. The molecule has 6 nitrogen and oxygen atoms in total. The molecule has 0 unspecified atom stereocenters. The van der Waals surface area contributed by atoms with Crippen LogP contribution in [0.1, 0.15) is 16.1 Å². The number of furan rings is 1. The second-order valence-electron chi connectivity index (χ2n) is 4.60. The maximum absolute atomic E-state index is 11.9. The third kappa shape index (κ3) is 5.54. The summed E-state index contributed by atoms with van der Waals surface area (Å²) in [6.45, 7) is 0.0115. The number of benzene rings is 1. The molecule has 23 heavy (non-hydrogen) atoms. The molecule has 0 spiro atoms. The van der Waals surface area contributed by atoms with Gasteiger partial charge in [-0.25, -0.2) is 13.1 Å². The summed E-state index contributed by atoms with van der Waals surface area (Å²) in [5.74, 6) is -0.219. The molecule has 1 aromatic carbocycles. The maximum Gasteiger partial charge on any atom is 0.252 e. The van der Waals surface area contributed by atoms with Crippen LogP contribution in [0.2, 0.25) is 10.0 Å². The van der Waals surface area contributed by atoms with Crippen LogP contribution in [-0.4, -0.2) is 26.6 Å². The van der Waals surface area contributed by atoms with Crippen molar-refractivity contribution in [2.75, 3.05) is 12.3 Å². The van der Waals surface area contributed by atoms with Gasteiger partial charge in [0, 0.05) is 11.6 Å². The minimum Gasteiger partial charge on any atom is -0.468 e. The predicted octanol–water partition coefficient (Wildman–Crippen LogP) is 2.44. The summed E-state index contributed by atoms with van der Waals surface area (Å²) in [7, 11) is -3.53. The molecular weight excluding hydrogens is 363 g/mol. The standard InChI is InChI=1S/C14H14Cl2N2O4S/c15-10-3-4-12(13(16)8-10)14(19)17-5-7-23(20,21)18-9-11-2-1-6-22-11/h1-4,6,8,18H,5,7,9H2,(H,17,19). The van der Waals surface area contributed by atoms with Crippen molar-refractivity contribution in [1.29, 1.82) is 0 Å². The first-order valence-electron chi connectivity index (χ1n) is 6.60. The zero-order valence-electron chi connectivity index (χ0n) is 11.9. The second kappa shape index (κ2) is 7.83. The van der Waals surface area contributed by atoms with Gasteiger partial charge in [-0.1, -0.05) is 23.2 Å². The van der Waals surface area contributed by atoms with Crippen LogP contribution < -0.4 is 10.0 Å². The number of hydrogen-bond acceptors (Lipinski definition) is 4. The Kier molecular flexibility index (Phi) is 6.06. The summed E-state index contributed by atoms with van der Waals surface area (Å²) in [5.41, 5.74) is 0.233. The lowest BCUT2D eigenvalue weighted by Gasteiger charge is -2.08. The van der Waals surface area contributed by atoms with Gasteiger partial charge in [0.25, 0.3) is 5.91 Å². The highest BCUT2D eigenvalue weighted by atomic mass is 35.5. The smallest absolute Gasteiger partial charge is 0.252 e. The molecular formula is C14H14Cl2N2O4S. The Hall–Kier alpha value is -1.54. The van der Waals surface area contributed by atoms with Crippen LogP contribution in [-0.2, 0) is 16.6 Å². The predicted molar refractivity (Wildman–Crippen MR) is 88.1 cm³/mol. The van der Waals surface area contributed by atoms with Gasteiger partial charge in [-0.2, -0.15) is 0 Å². The minimum absolute atomic E-state index is 0.0503. The van der Waals surface area contributed by atoms with Crippen molar-refractivity contribution in [2.24, 2.45) is 0 Å². The Labute approximate surface area is 143 Å². The molecule has 9 heteroatoms. The average molecular weight is 377 g/mol. The Morgan fingerprint density at radius 2 is 2.00 bits per heavy atom. The molecule has 124 valence electrons. The molecule has 0 radical (unpaired) electrons. The molecule has 0 saturated carbocycles. The third-order valence-corrected chi connectivity index (χ3v) is 4.75. The monoisotopic (exact) mass is 376 g/mol. The SMILES string of the molecule is O=C(NCCS(=O)(=O)NCc1ccco1)c1ccc(Cl)cc1Cl. The zero-order valence-corrected chi connectivity index (χ0v) is 14.2. The highest BCUT2D eigenvalue weighted by Gasteiger charge is 2.14. The fraction of sp³-hybridized carbons (Fsp3) is 0.214. The van der Waals surface area contributed by atoms with Crippen LogP contribution in [0.5, 0.6) is 0 Å². The van der Waals surface area contributed by atoms with Gasteiger partial charge in [0.1, 0.15) is 5.76 Å². The number of carbonyl (C=O) groups excluding carboxylic acids is 1. The molecule has 0 bridgehead atoms. The topological polar surface area (TPSA) is 88.4 Å². The summed E-state index contributed by atoms with van der Waals surface area (Å²) in [6.07, 6.45) is 1.46. The second-order valence-corrected chi connectivity index (χ2v) is 7.37. The summed E-state index contributed by atoms with van der Waals surface area (Å²) >= 11 is 11.7. The van der Waals surface area contributed by atoms with Gasteiger partial charge >= 0.3 is 0 Å². The highest BCUT2D eigenvalue weighted by Crippen LogP contribution is 2.20.